The molecule has 1 unspecified atom stereocenters. The molecule has 0 aromatic heterocycles. The lowest BCUT2D eigenvalue weighted by Gasteiger charge is -2.29. The van der Waals surface area contributed by atoms with Crippen molar-refractivity contribution in [1.82, 2.24) is 10.2 Å². The van der Waals surface area contributed by atoms with Crippen molar-refractivity contribution in [2.24, 2.45) is 0 Å². The fourth-order valence-corrected chi connectivity index (χ4v) is 7.48. The third-order valence-electron chi connectivity index (χ3n) is 4.86. The van der Waals surface area contributed by atoms with Crippen LogP contribution in [-0.4, -0.2) is 73.8 Å². The number of likely N-dealkylation sites (tertiary alicyclic amines) is 1. The van der Waals surface area contributed by atoms with Crippen LogP contribution in [-0.2, 0) is 13.3 Å². The van der Waals surface area contributed by atoms with Crippen LogP contribution >= 0.6 is 0 Å². The molecule has 1 N–H and O–H groups in total. The van der Waals surface area contributed by atoms with Gasteiger partial charge in [0.1, 0.15) is 0 Å². The maximum atomic E-state index is 5.96. The van der Waals surface area contributed by atoms with E-state index in [4.69, 9.17) is 13.3 Å². The summed E-state index contributed by atoms with van der Waals surface area (Å²) < 4.78 is 17.9. The molecular formula is C19H44N2O3Si2. The lowest BCUT2D eigenvalue weighted by Crippen LogP contribution is -2.46. The molecule has 0 saturated carbocycles. The number of hydrogen-bond acceptors (Lipinski definition) is 5. The van der Waals surface area contributed by atoms with E-state index in [1.165, 1.54) is 38.5 Å². The van der Waals surface area contributed by atoms with Gasteiger partial charge in [-0.2, -0.15) is 0 Å². The minimum Gasteiger partial charge on any atom is -0.374 e. The van der Waals surface area contributed by atoms with E-state index in [1.54, 1.807) is 0 Å². The van der Waals surface area contributed by atoms with E-state index >= 15 is 0 Å². The largest absolute Gasteiger partial charge is 0.500 e. The summed E-state index contributed by atoms with van der Waals surface area (Å²) in [4.78, 5) is 2.58. The summed E-state index contributed by atoms with van der Waals surface area (Å²) in [7, 11) is -3.35. The normalized spacial score (nSPS) is 19.4. The molecule has 1 atom stereocenters. The van der Waals surface area contributed by atoms with Crippen LogP contribution in [0.3, 0.4) is 0 Å². The van der Waals surface area contributed by atoms with Gasteiger partial charge < -0.3 is 23.5 Å². The maximum absolute atomic E-state index is 5.96. The Labute approximate surface area is 164 Å². The van der Waals surface area contributed by atoms with E-state index in [1.807, 2.05) is 20.8 Å². The van der Waals surface area contributed by atoms with Crippen LogP contribution in [0.2, 0.25) is 31.7 Å². The Morgan fingerprint density at radius 3 is 2.08 bits per heavy atom. The molecular weight excluding hydrogens is 360 g/mol. The minimum absolute atomic E-state index is 0.666. The van der Waals surface area contributed by atoms with Gasteiger partial charge in [-0.05, 0) is 59.7 Å². The SMILES string of the molecule is CCO[Si](CCCN1CCC(NCCC[Si](C)(C)C)C1)(OCC)OCC. The quantitative estimate of drug-likeness (QED) is 0.332. The molecule has 1 heterocycles. The Balaban J connectivity index is 2.26. The Bertz CT molecular complexity index is 350. The topological polar surface area (TPSA) is 43.0 Å². The van der Waals surface area contributed by atoms with Gasteiger partial charge in [-0.1, -0.05) is 25.7 Å². The molecule has 1 fully saturated rings. The second-order valence-corrected chi connectivity index (χ2v) is 16.8. The highest BCUT2D eigenvalue weighted by Gasteiger charge is 2.39. The molecule has 156 valence electrons. The van der Waals surface area contributed by atoms with Gasteiger partial charge in [0.2, 0.25) is 0 Å². The molecule has 1 saturated heterocycles. The van der Waals surface area contributed by atoms with Crippen LogP contribution in [0.15, 0.2) is 0 Å². The lowest BCUT2D eigenvalue weighted by molar-refractivity contribution is 0.0701. The Kier molecular flexibility index (Phi) is 11.8. The van der Waals surface area contributed by atoms with Crippen LogP contribution in [0.1, 0.15) is 40.0 Å². The van der Waals surface area contributed by atoms with E-state index in [0.29, 0.717) is 25.9 Å². The molecule has 5 nitrogen and oxygen atoms in total. The molecule has 1 aliphatic rings. The predicted molar refractivity (Wildman–Crippen MR) is 116 cm³/mol. The average molecular weight is 405 g/mol. The standard InChI is InChI=1S/C19H44N2O3Si2/c1-7-22-26(23-8-2,24-9-3)17-11-14-21-15-12-19(18-21)20-13-10-16-25(4,5)6/h19-20H,7-18H2,1-6H3. The number of nitrogens with zero attached hydrogens (tertiary/aromatic N) is 1. The van der Waals surface area contributed by atoms with Gasteiger partial charge in [-0.15, -0.1) is 0 Å². The van der Waals surface area contributed by atoms with Gasteiger partial charge >= 0.3 is 8.80 Å². The molecule has 0 aromatic rings. The molecule has 0 spiro atoms. The molecule has 1 aliphatic heterocycles. The summed E-state index contributed by atoms with van der Waals surface area (Å²) in [5.74, 6) is 0. The zero-order chi connectivity index (χ0) is 19.5. The van der Waals surface area contributed by atoms with Gasteiger partial charge in [-0.3, -0.25) is 0 Å². The van der Waals surface area contributed by atoms with Gasteiger partial charge in [-0.25, -0.2) is 0 Å². The summed E-state index contributed by atoms with van der Waals surface area (Å²) >= 11 is 0. The van der Waals surface area contributed by atoms with Crippen LogP contribution in [0.25, 0.3) is 0 Å². The van der Waals surface area contributed by atoms with E-state index in [9.17, 15) is 0 Å². The fourth-order valence-electron chi connectivity index (χ4n) is 3.65. The molecule has 26 heavy (non-hydrogen) atoms. The highest BCUT2D eigenvalue weighted by molar-refractivity contribution is 6.76. The summed E-state index contributed by atoms with van der Waals surface area (Å²) in [5.41, 5.74) is 0. The third kappa shape index (κ3) is 9.96. The fraction of sp³-hybridized carbons (Fsp3) is 1.00. The van der Waals surface area contributed by atoms with Crippen LogP contribution in [0, 0.1) is 0 Å². The van der Waals surface area contributed by atoms with Crippen LogP contribution in [0.5, 0.6) is 0 Å². The zero-order valence-corrected chi connectivity index (χ0v) is 20.2. The average Bonchev–Trinajstić information content (AvgIpc) is 2.99. The van der Waals surface area contributed by atoms with Gasteiger partial charge in [0.05, 0.1) is 0 Å². The van der Waals surface area contributed by atoms with Crippen molar-refractivity contribution >= 4 is 16.9 Å². The predicted octanol–water partition coefficient (Wildman–Crippen LogP) is 3.82. The summed E-state index contributed by atoms with van der Waals surface area (Å²) in [6, 6.07) is 3.02. The minimum atomic E-state index is -2.47. The molecule has 0 amide bonds. The Hall–Kier alpha value is 0.234. The van der Waals surface area contributed by atoms with Crippen molar-refractivity contribution in [2.75, 3.05) is 46.0 Å². The number of hydrogen-bond donors (Lipinski definition) is 1. The summed E-state index contributed by atoms with van der Waals surface area (Å²) in [6.07, 6.45) is 3.70. The molecule has 1 rings (SSSR count). The molecule has 0 aliphatic carbocycles. The molecule has 0 aromatic carbocycles. The monoisotopic (exact) mass is 404 g/mol. The first-order valence-electron chi connectivity index (χ1n) is 10.7. The first kappa shape index (κ1) is 24.3. The molecule has 0 radical (unpaired) electrons. The smallest absolute Gasteiger partial charge is 0.374 e. The summed E-state index contributed by atoms with van der Waals surface area (Å²) in [6.45, 7) is 20.1. The van der Waals surface area contributed by atoms with Crippen molar-refractivity contribution in [1.29, 1.82) is 0 Å². The summed E-state index contributed by atoms with van der Waals surface area (Å²) in [5, 5.41) is 3.77. The van der Waals surface area contributed by atoms with Crippen LogP contribution < -0.4 is 5.32 Å². The zero-order valence-electron chi connectivity index (χ0n) is 18.2. The van der Waals surface area contributed by atoms with Crippen molar-refractivity contribution in [3.8, 4) is 0 Å². The maximum Gasteiger partial charge on any atom is 0.500 e. The Morgan fingerprint density at radius 1 is 0.923 bits per heavy atom. The van der Waals surface area contributed by atoms with E-state index in [0.717, 1.165) is 19.0 Å². The molecule has 7 heteroatoms. The van der Waals surface area contributed by atoms with Crippen molar-refractivity contribution < 1.29 is 13.3 Å². The van der Waals surface area contributed by atoms with Crippen molar-refractivity contribution in [3.63, 3.8) is 0 Å². The van der Waals surface area contributed by atoms with E-state index in [-0.39, 0.29) is 0 Å². The third-order valence-corrected chi connectivity index (χ3v) is 9.86. The second kappa shape index (κ2) is 12.6. The van der Waals surface area contributed by atoms with Gasteiger partial charge in [0.15, 0.2) is 0 Å². The highest BCUT2D eigenvalue weighted by Crippen LogP contribution is 2.20. The first-order valence-corrected chi connectivity index (χ1v) is 16.4. The van der Waals surface area contributed by atoms with Crippen molar-refractivity contribution in [2.45, 2.75) is 77.8 Å². The van der Waals surface area contributed by atoms with Gasteiger partial charge in [0.25, 0.3) is 0 Å². The second-order valence-electron chi connectivity index (χ2n) is 8.49. The molecule has 0 bridgehead atoms. The van der Waals surface area contributed by atoms with Crippen LogP contribution in [0.4, 0.5) is 0 Å². The number of nitrogens with one attached hydrogen (secondary N) is 1. The number of rotatable bonds is 15. The van der Waals surface area contributed by atoms with Crippen molar-refractivity contribution in [3.05, 3.63) is 0 Å². The highest BCUT2D eigenvalue weighted by atomic mass is 28.4. The first-order chi connectivity index (χ1) is 12.3. The van der Waals surface area contributed by atoms with E-state index in [2.05, 4.69) is 29.9 Å². The van der Waals surface area contributed by atoms with E-state index < -0.39 is 16.9 Å². The van der Waals surface area contributed by atoms with Gasteiger partial charge in [0, 0.05) is 46.5 Å². The Morgan fingerprint density at radius 2 is 1.54 bits per heavy atom. The lowest BCUT2D eigenvalue weighted by atomic mass is 10.2.